The topological polar surface area (TPSA) is 99.1 Å². The molecule has 6 heteroatoms. The van der Waals surface area contributed by atoms with E-state index in [9.17, 15) is 9.90 Å². The SMILES string of the molecule is CCN(CC(N)=NO)C(=O)c1cccc(O)c1. The average Bonchev–Trinajstić information content (AvgIpc) is 2.34. The molecule has 0 heterocycles. The van der Waals surface area contributed by atoms with Crippen molar-refractivity contribution in [1.29, 1.82) is 0 Å². The highest BCUT2D eigenvalue weighted by molar-refractivity contribution is 5.97. The summed E-state index contributed by atoms with van der Waals surface area (Å²) in [6.45, 7) is 2.25. The van der Waals surface area contributed by atoms with E-state index in [4.69, 9.17) is 10.9 Å². The number of carbonyl (C=O) groups is 1. The van der Waals surface area contributed by atoms with Gasteiger partial charge in [-0.15, -0.1) is 0 Å². The number of hydrogen-bond acceptors (Lipinski definition) is 4. The molecule has 0 unspecified atom stereocenters. The number of benzene rings is 1. The van der Waals surface area contributed by atoms with E-state index >= 15 is 0 Å². The van der Waals surface area contributed by atoms with Crippen LogP contribution in [0.2, 0.25) is 0 Å². The van der Waals surface area contributed by atoms with Crippen molar-refractivity contribution in [3.63, 3.8) is 0 Å². The monoisotopic (exact) mass is 237 g/mol. The Morgan fingerprint density at radius 3 is 2.76 bits per heavy atom. The number of hydrogen-bond donors (Lipinski definition) is 3. The van der Waals surface area contributed by atoms with Crippen LogP contribution in [0.1, 0.15) is 17.3 Å². The summed E-state index contributed by atoms with van der Waals surface area (Å²) in [5.74, 6) is -0.300. The molecule has 0 aromatic heterocycles. The van der Waals surface area contributed by atoms with Crippen molar-refractivity contribution < 1.29 is 15.1 Å². The number of amides is 1. The number of phenolic OH excluding ortho intramolecular Hbond substituents is 1. The molecule has 1 amide bonds. The Morgan fingerprint density at radius 1 is 1.53 bits per heavy atom. The summed E-state index contributed by atoms with van der Waals surface area (Å²) in [5, 5.41) is 20.6. The van der Waals surface area contributed by atoms with Crippen LogP contribution < -0.4 is 5.73 Å². The molecule has 1 aromatic rings. The van der Waals surface area contributed by atoms with E-state index in [1.54, 1.807) is 19.1 Å². The molecule has 6 nitrogen and oxygen atoms in total. The molecule has 0 aliphatic carbocycles. The van der Waals surface area contributed by atoms with Gasteiger partial charge in [-0.2, -0.15) is 0 Å². The number of amidine groups is 1. The van der Waals surface area contributed by atoms with E-state index in [2.05, 4.69) is 5.16 Å². The Balaban J connectivity index is 2.86. The molecule has 0 radical (unpaired) electrons. The lowest BCUT2D eigenvalue weighted by Gasteiger charge is -2.20. The van der Waals surface area contributed by atoms with Gasteiger partial charge in [-0.1, -0.05) is 11.2 Å². The molecule has 1 aromatic carbocycles. The Bertz CT molecular complexity index is 432. The van der Waals surface area contributed by atoms with E-state index in [1.807, 2.05) is 0 Å². The third kappa shape index (κ3) is 3.37. The van der Waals surface area contributed by atoms with Crippen molar-refractivity contribution in [3.8, 4) is 5.75 Å². The quantitative estimate of drug-likeness (QED) is 0.309. The van der Waals surface area contributed by atoms with Crippen molar-refractivity contribution in [2.45, 2.75) is 6.92 Å². The summed E-state index contributed by atoms with van der Waals surface area (Å²) in [6, 6.07) is 6.03. The van der Waals surface area contributed by atoms with Crippen LogP contribution in [0.25, 0.3) is 0 Å². The second-order valence-electron chi connectivity index (χ2n) is 3.46. The molecular weight excluding hydrogens is 222 g/mol. The maximum absolute atomic E-state index is 12.0. The van der Waals surface area contributed by atoms with Crippen LogP contribution in [0.15, 0.2) is 29.4 Å². The molecule has 0 bridgehead atoms. The van der Waals surface area contributed by atoms with Gasteiger partial charge in [0.1, 0.15) is 5.75 Å². The third-order valence-electron chi connectivity index (χ3n) is 2.24. The highest BCUT2D eigenvalue weighted by Gasteiger charge is 2.15. The van der Waals surface area contributed by atoms with Gasteiger partial charge >= 0.3 is 0 Å². The zero-order valence-electron chi connectivity index (χ0n) is 9.50. The number of carbonyl (C=O) groups excluding carboxylic acids is 1. The summed E-state index contributed by atoms with van der Waals surface area (Å²) in [6.07, 6.45) is 0. The lowest BCUT2D eigenvalue weighted by molar-refractivity contribution is 0.0786. The fraction of sp³-hybridized carbons (Fsp3) is 0.273. The van der Waals surface area contributed by atoms with Crippen molar-refractivity contribution in [3.05, 3.63) is 29.8 Å². The minimum absolute atomic E-state index is 0.0238. The first kappa shape index (κ1) is 12.8. The van der Waals surface area contributed by atoms with E-state index < -0.39 is 0 Å². The summed E-state index contributed by atoms with van der Waals surface area (Å²) < 4.78 is 0. The molecule has 0 saturated carbocycles. The lowest BCUT2D eigenvalue weighted by Crippen LogP contribution is -2.38. The van der Waals surface area contributed by atoms with Crippen LogP contribution in [-0.2, 0) is 0 Å². The molecule has 0 atom stereocenters. The fourth-order valence-corrected chi connectivity index (χ4v) is 1.38. The normalized spacial score (nSPS) is 11.2. The molecule has 1 rings (SSSR count). The predicted molar refractivity (Wildman–Crippen MR) is 63.1 cm³/mol. The van der Waals surface area contributed by atoms with E-state index in [-0.39, 0.29) is 24.0 Å². The Hall–Kier alpha value is -2.24. The predicted octanol–water partition coefficient (Wildman–Crippen LogP) is 0.601. The van der Waals surface area contributed by atoms with Gasteiger partial charge in [0.25, 0.3) is 5.91 Å². The standard InChI is InChI=1S/C11H15N3O3/c1-2-14(7-10(12)13-17)11(16)8-4-3-5-9(15)6-8/h3-6,15,17H,2,7H2,1H3,(H2,12,13). The van der Waals surface area contributed by atoms with Crippen molar-refractivity contribution in [2.75, 3.05) is 13.1 Å². The summed E-state index contributed by atoms with van der Waals surface area (Å²) in [5.41, 5.74) is 5.71. The molecule has 0 aliphatic heterocycles. The van der Waals surface area contributed by atoms with Crippen LogP contribution in [-0.4, -0.2) is 40.0 Å². The van der Waals surface area contributed by atoms with Crippen LogP contribution in [0.4, 0.5) is 0 Å². The maximum atomic E-state index is 12.0. The number of likely N-dealkylation sites (N-methyl/N-ethyl adjacent to an activating group) is 1. The number of rotatable bonds is 4. The summed E-state index contributed by atoms with van der Waals surface area (Å²) in [4.78, 5) is 13.4. The van der Waals surface area contributed by atoms with Crippen molar-refractivity contribution >= 4 is 11.7 Å². The van der Waals surface area contributed by atoms with Gasteiger partial charge in [0.15, 0.2) is 5.84 Å². The number of oxime groups is 1. The van der Waals surface area contributed by atoms with Crippen molar-refractivity contribution in [2.24, 2.45) is 10.9 Å². The first-order valence-corrected chi connectivity index (χ1v) is 5.13. The first-order valence-electron chi connectivity index (χ1n) is 5.13. The highest BCUT2D eigenvalue weighted by Crippen LogP contribution is 2.12. The van der Waals surface area contributed by atoms with Crippen LogP contribution >= 0.6 is 0 Å². The summed E-state index contributed by atoms with van der Waals surface area (Å²) >= 11 is 0. The van der Waals surface area contributed by atoms with Crippen molar-refractivity contribution in [1.82, 2.24) is 4.90 Å². The lowest BCUT2D eigenvalue weighted by atomic mass is 10.2. The van der Waals surface area contributed by atoms with Gasteiger partial charge in [-0.05, 0) is 25.1 Å². The smallest absolute Gasteiger partial charge is 0.254 e. The Labute approximate surface area is 99.0 Å². The van der Waals surface area contributed by atoms with Gasteiger partial charge in [0, 0.05) is 12.1 Å². The molecule has 0 saturated heterocycles. The van der Waals surface area contributed by atoms with Crippen LogP contribution in [0.3, 0.4) is 0 Å². The average molecular weight is 237 g/mol. The van der Waals surface area contributed by atoms with Gasteiger partial charge in [0.2, 0.25) is 0 Å². The van der Waals surface area contributed by atoms with Gasteiger partial charge in [-0.3, -0.25) is 4.79 Å². The van der Waals surface area contributed by atoms with E-state index in [0.29, 0.717) is 12.1 Å². The zero-order valence-corrected chi connectivity index (χ0v) is 9.50. The molecule has 0 fully saturated rings. The third-order valence-corrected chi connectivity index (χ3v) is 2.24. The zero-order chi connectivity index (χ0) is 12.8. The van der Waals surface area contributed by atoms with Crippen LogP contribution in [0.5, 0.6) is 5.75 Å². The Kier molecular flexibility index (Phi) is 4.33. The second-order valence-corrected chi connectivity index (χ2v) is 3.46. The molecule has 0 spiro atoms. The molecule has 4 N–H and O–H groups in total. The fourth-order valence-electron chi connectivity index (χ4n) is 1.38. The van der Waals surface area contributed by atoms with Gasteiger partial charge < -0.3 is 20.9 Å². The number of phenols is 1. The second kappa shape index (κ2) is 5.74. The first-order chi connectivity index (χ1) is 8.08. The summed E-state index contributed by atoms with van der Waals surface area (Å²) in [7, 11) is 0. The highest BCUT2D eigenvalue weighted by atomic mass is 16.4. The molecule has 17 heavy (non-hydrogen) atoms. The maximum Gasteiger partial charge on any atom is 0.254 e. The number of aromatic hydroxyl groups is 1. The Morgan fingerprint density at radius 2 is 2.24 bits per heavy atom. The number of nitrogens with two attached hydrogens (primary N) is 1. The minimum Gasteiger partial charge on any atom is -0.508 e. The van der Waals surface area contributed by atoms with Gasteiger partial charge in [-0.25, -0.2) is 0 Å². The minimum atomic E-state index is -0.282. The van der Waals surface area contributed by atoms with E-state index in [1.165, 1.54) is 17.0 Å². The largest absolute Gasteiger partial charge is 0.508 e. The number of nitrogens with zero attached hydrogens (tertiary/aromatic N) is 2. The molecular formula is C11H15N3O3. The van der Waals surface area contributed by atoms with E-state index in [0.717, 1.165) is 0 Å². The molecule has 92 valence electrons. The van der Waals surface area contributed by atoms with Crippen LogP contribution in [0, 0.1) is 0 Å². The van der Waals surface area contributed by atoms with Gasteiger partial charge in [0.05, 0.1) is 6.54 Å². The molecule has 0 aliphatic rings.